The van der Waals surface area contributed by atoms with Gasteiger partial charge in [-0.1, -0.05) is 187 Å². The molecule has 3 aliphatic rings. The third-order valence-electron chi connectivity index (χ3n) is 15.9. The third kappa shape index (κ3) is 7.83. The summed E-state index contributed by atoms with van der Waals surface area (Å²) in [5, 5.41) is 0. The summed E-state index contributed by atoms with van der Waals surface area (Å²) in [7, 11) is 0. The van der Waals surface area contributed by atoms with Crippen LogP contribution in [0.25, 0.3) is 11.1 Å². The van der Waals surface area contributed by atoms with Crippen LogP contribution >= 0.6 is 0 Å². The fourth-order valence-electron chi connectivity index (χ4n) is 11.6. The number of hydrogen-bond acceptors (Lipinski definition) is 4. The normalized spacial score (nSPS) is 15.7. The first-order chi connectivity index (χ1) is 33.6. The molecule has 0 bridgehead atoms. The van der Waals surface area contributed by atoms with E-state index in [1.165, 1.54) is 61.4 Å². The lowest BCUT2D eigenvalue weighted by atomic mass is 9.35. The number of fused-ring (bicyclic) bond motifs is 6. The average molecular weight is 932 g/mol. The summed E-state index contributed by atoms with van der Waals surface area (Å²) in [6.07, 6.45) is 2.11. The maximum absolute atomic E-state index is 7.83. The zero-order valence-electron chi connectivity index (χ0n) is 44.3. The van der Waals surface area contributed by atoms with Gasteiger partial charge in [0.15, 0.2) is 0 Å². The summed E-state index contributed by atoms with van der Waals surface area (Å²) in [5.74, 6) is 1.12. The van der Waals surface area contributed by atoms with E-state index in [2.05, 4.69) is 269 Å². The standard InChI is InChI=1S/C66H70BN3O/c1-62(2,3)44-29-33-49(34-30-44)69-54-36-32-46(64(7,8)9)40-52(54)67-58-55(69)41-50(68(47-25-19-15-20-26-47)48-27-21-16-22-28-48)42-56(58)70(59-57-60(71-61(59)67)66(12,13)38-37-65(57,10)11)53-35-31-45(63(4,5)6)39-51(53)43-23-17-14-18-24-43/h14-36,39-42H,37-38H2,1-13H3. The second-order valence-corrected chi connectivity index (χ2v) is 25.0. The average Bonchev–Trinajstić information content (AvgIpc) is 3.76. The molecule has 0 N–H and O–H groups in total. The Bertz CT molecular complexity index is 3270. The minimum atomic E-state index is -0.184. The van der Waals surface area contributed by atoms with Crippen LogP contribution < -0.4 is 31.3 Å². The minimum Gasteiger partial charge on any atom is -0.472 e. The fourth-order valence-corrected chi connectivity index (χ4v) is 11.6. The van der Waals surface area contributed by atoms with Crippen LogP contribution in [0, 0.1) is 0 Å². The van der Waals surface area contributed by atoms with Crippen LogP contribution in [0.1, 0.15) is 131 Å². The Labute approximate surface area is 424 Å². The highest BCUT2D eigenvalue weighted by molar-refractivity contribution is 6.99. The fraction of sp³-hybridized carbons (Fsp3) is 0.303. The van der Waals surface area contributed by atoms with Crippen LogP contribution in [-0.4, -0.2) is 6.71 Å². The molecule has 5 heteroatoms. The Morgan fingerprint density at radius 1 is 0.479 bits per heavy atom. The van der Waals surface area contributed by atoms with E-state index in [0.29, 0.717) is 0 Å². The van der Waals surface area contributed by atoms with Gasteiger partial charge >= 0.3 is 0 Å². The topological polar surface area (TPSA) is 22.9 Å². The first-order valence-electron chi connectivity index (χ1n) is 25.9. The minimum absolute atomic E-state index is 0.00580. The van der Waals surface area contributed by atoms with Crippen molar-refractivity contribution in [2.75, 3.05) is 14.7 Å². The summed E-state index contributed by atoms with van der Waals surface area (Å²) in [6, 6.07) is 61.7. The third-order valence-corrected chi connectivity index (χ3v) is 15.9. The van der Waals surface area contributed by atoms with Crippen LogP contribution in [0.5, 0.6) is 0 Å². The lowest BCUT2D eigenvalue weighted by Gasteiger charge is -2.45. The Morgan fingerprint density at radius 3 is 1.54 bits per heavy atom. The highest BCUT2D eigenvalue weighted by Gasteiger charge is 2.53. The number of nitrogens with zero attached hydrogens (tertiary/aromatic N) is 3. The molecule has 7 aromatic carbocycles. The molecule has 0 spiro atoms. The second-order valence-electron chi connectivity index (χ2n) is 25.0. The summed E-state index contributed by atoms with van der Waals surface area (Å²) in [6.45, 7) is 30.4. The molecule has 0 saturated heterocycles. The van der Waals surface area contributed by atoms with E-state index in [1.54, 1.807) is 0 Å². The molecule has 0 fully saturated rings. The van der Waals surface area contributed by atoms with Gasteiger partial charge in [0, 0.05) is 50.7 Å². The first-order valence-corrected chi connectivity index (χ1v) is 25.9. The van der Waals surface area contributed by atoms with Crippen molar-refractivity contribution in [1.29, 1.82) is 0 Å². The molecule has 0 atom stereocenters. The lowest BCUT2D eigenvalue weighted by Crippen LogP contribution is -2.61. The summed E-state index contributed by atoms with van der Waals surface area (Å²) < 4.78 is 7.83. The molecule has 0 radical (unpaired) electrons. The maximum atomic E-state index is 7.83. The number of hydrogen-bond donors (Lipinski definition) is 0. The monoisotopic (exact) mass is 932 g/mol. The molecular formula is C66H70BN3O. The van der Waals surface area contributed by atoms with Gasteiger partial charge in [0.25, 0.3) is 6.71 Å². The molecule has 0 amide bonds. The zero-order chi connectivity index (χ0) is 50.0. The quantitative estimate of drug-likeness (QED) is 0.155. The molecule has 11 rings (SSSR count). The van der Waals surface area contributed by atoms with E-state index >= 15 is 0 Å². The summed E-state index contributed by atoms with van der Waals surface area (Å²) in [5.41, 5.74) is 21.0. The molecule has 0 unspecified atom stereocenters. The van der Waals surface area contributed by atoms with E-state index in [1.807, 2.05) is 0 Å². The van der Waals surface area contributed by atoms with E-state index in [0.717, 1.165) is 58.4 Å². The molecule has 358 valence electrons. The molecular weight excluding hydrogens is 862 g/mol. The van der Waals surface area contributed by atoms with Crippen molar-refractivity contribution in [3.63, 3.8) is 0 Å². The van der Waals surface area contributed by atoms with Crippen molar-refractivity contribution < 1.29 is 4.42 Å². The Balaban J connectivity index is 1.33. The van der Waals surface area contributed by atoms with Crippen molar-refractivity contribution >= 4 is 74.5 Å². The molecule has 3 heterocycles. The highest BCUT2D eigenvalue weighted by Crippen LogP contribution is 2.57. The molecule has 71 heavy (non-hydrogen) atoms. The van der Waals surface area contributed by atoms with E-state index in [4.69, 9.17) is 4.42 Å². The summed E-state index contributed by atoms with van der Waals surface area (Å²) in [4.78, 5) is 7.65. The SMILES string of the molecule is CC(C)(C)c1ccc(N2c3ccc(C(C)(C)C)cc3B3c4oc5c(c4N(c4ccc(C(C)(C)C)cc4-c4ccccc4)c4cc(N(c6ccccc6)c6ccccc6)cc2c43)C(C)(C)CCC5(C)C)cc1. The van der Waals surface area contributed by atoms with Gasteiger partial charge in [-0.05, 0) is 134 Å². The number of furan rings is 1. The Morgan fingerprint density at radius 2 is 0.972 bits per heavy atom. The van der Waals surface area contributed by atoms with Crippen molar-refractivity contribution in [1.82, 2.24) is 0 Å². The first kappa shape index (κ1) is 46.7. The zero-order valence-corrected chi connectivity index (χ0v) is 44.3. The van der Waals surface area contributed by atoms with Crippen LogP contribution in [0.3, 0.4) is 0 Å². The molecule has 1 aromatic heterocycles. The summed E-state index contributed by atoms with van der Waals surface area (Å²) >= 11 is 0. The molecule has 2 aliphatic heterocycles. The number of para-hydroxylation sites is 2. The maximum Gasteiger partial charge on any atom is 0.297 e. The molecule has 4 nitrogen and oxygen atoms in total. The van der Waals surface area contributed by atoms with Gasteiger partial charge in [-0.25, -0.2) is 0 Å². The van der Waals surface area contributed by atoms with Gasteiger partial charge in [0.05, 0.1) is 22.7 Å². The van der Waals surface area contributed by atoms with Crippen LogP contribution in [-0.2, 0) is 27.1 Å². The van der Waals surface area contributed by atoms with Crippen molar-refractivity contribution in [3.05, 3.63) is 192 Å². The smallest absolute Gasteiger partial charge is 0.297 e. The Kier molecular flexibility index (Phi) is 10.8. The van der Waals surface area contributed by atoms with Gasteiger partial charge in [0.2, 0.25) is 0 Å². The van der Waals surface area contributed by atoms with E-state index in [-0.39, 0.29) is 33.8 Å². The lowest BCUT2D eigenvalue weighted by molar-refractivity contribution is 0.282. The largest absolute Gasteiger partial charge is 0.472 e. The predicted molar refractivity (Wildman–Crippen MR) is 304 cm³/mol. The van der Waals surface area contributed by atoms with Gasteiger partial charge < -0.3 is 19.1 Å². The number of anilines is 9. The van der Waals surface area contributed by atoms with Crippen molar-refractivity contribution in [3.8, 4) is 11.1 Å². The van der Waals surface area contributed by atoms with Gasteiger partial charge in [-0.15, -0.1) is 0 Å². The Hall–Kier alpha value is -6.72. The van der Waals surface area contributed by atoms with E-state index < -0.39 is 0 Å². The molecule has 0 saturated carbocycles. The second kappa shape index (κ2) is 16.4. The highest BCUT2D eigenvalue weighted by atomic mass is 16.3. The number of rotatable bonds is 6. The van der Waals surface area contributed by atoms with Crippen LogP contribution in [0.15, 0.2) is 168 Å². The molecule has 8 aromatic rings. The van der Waals surface area contributed by atoms with Crippen LogP contribution in [0.2, 0.25) is 0 Å². The van der Waals surface area contributed by atoms with Gasteiger partial charge in [-0.2, -0.15) is 0 Å². The van der Waals surface area contributed by atoms with Crippen molar-refractivity contribution in [2.24, 2.45) is 0 Å². The van der Waals surface area contributed by atoms with Crippen molar-refractivity contribution in [2.45, 2.75) is 130 Å². The predicted octanol–water partition coefficient (Wildman–Crippen LogP) is 16.7. The van der Waals surface area contributed by atoms with Gasteiger partial charge in [-0.3, -0.25) is 0 Å². The molecule has 1 aliphatic carbocycles. The number of benzene rings is 7. The van der Waals surface area contributed by atoms with Crippen LogP contribution in [0.4, 0.5) is 51.2 Å². The van der Waals surface area contributed by atoms with Gasteiger partial charge in [0.1, 0.15) is 5.76 Å². The van der Waals surface area contributed by atoms with E-state index in [9.17, 15) is 0 Å².